The van der Waals surface area contributed by atoms with Crippen molar-refractivity contribution >= 4 is 22.6 Å². The summed E-state index contributed by atoms with van der Waals surface area (Å²) >= 11 is 0. The maximum absolute atomic E-state index is 12.3. The highest BCUT2D eigenvalue weighted by molar-refractivity contribution is 5.92. The van der Waals surface area contributed by atoms with Crippen LogP contribution < -0.4 is 21.3 Å². The molecule has 8 heteroatoms. The van der Waals surface area contributed by atoms with E-state index in [1.165, 1.54) is 23.9 Å². The van der Waals surface area contributed by atoms with E-state index in [-0.39, 0.29) is 30.0 Å². The number of aromatic nitrogens is 3. The maximum atomic E-state index is 12.3. The average molecular weight is 382 g/mol. The summed E-state index contributed by atoms with van der Waals surface area (Å²) in [6.45, 7) is 4.14. The maximum Gasteiger partial charge on any atom is 0.332 e. The summed E-state index contributed by atoms with van der Waals surface area (Å²) in [7, 11) is 2.94. The molecule has 8 nitrogen and oxygen atoms in total. The van der Waals surface area contributed by atoms with Gasteiger partial charge in [-0.05, 0) is 31.0 Å². The van der Waals surface area contributed by atoms with Crippen molar-refractivity contribution < 1.29 is 9.53 Å². The molecule has 0 bridgehead atoms. The molecular weight excluding hydrogens is 360 g/mol. The number of amides is 1. The molecule has 2 heterocycles. The zero-order valence-electron chi connectivity index (χ0n) is 16.3. The lowest BCUT2D eigenvalue weighted by molar-refractivity contribution is -0.116. The van der Waals surface area contributed by atoms with E-state index in [4.69, 9.17) is 4.74 Å². The molecule has 28 heavy (non-hydrogen) atoms. The van der Waals surface area contributed by atoms with Crippen molar-refractivity contribution in [2.24, 2.45) is 14.1 Å². The Labute approximate surface area is 161 Å². The van der Waals surface area contributed by atoms with Crippen LogP contribution in [0.3, 0.4) is 0 Å². The van der Waals surface area contributed by atoms with Crippen LogP contribution >= 0.6 is 0 Å². The standard InChI is InChI=1S/C20H22N4O4/c1-12-6-5-7-13(2)17(12)28-9-8-16(25)22-14-10-15-18(21-11-14)23(3)20(27)24(4)19(15)26/h5-7,10-11H,8-9H2,1-4H3,(H,22,25). The first-order valence-electron chi connectivity index (χ1n) is 8.84. The topological polar surface area (TPSA) is 95.2 Å². The molecule has 2 aromatic heterocycles. The number of carbonyl (C=O) groups is 1. The normalized spacial score (nSPS) is 10.9. The van der Waals surface area contributed by atoms with Crippen molar-refractivity contribution in [1.29, 1.82) is 0 Å². The average Bonchev–Trinajstić information content (AvgIpc) is 2.67. The van der Waals surface area contributed by atoms with Crippen LogP contribution in [0.1, 0.15) is 17.5 Å². The lowest BCUT2D eigenvalue weighted by Crippen LogP contribution is -2.37. The van der Waals surface area contributed by atoms with Gasteiger partial charge < -0.3 is 10.1 Å². The molecule has 0 atom stereocenters. The SMILES string of the molecule is Cc1cccc(C)c1OCCC(=O)Nc1cnc2c(c1)c(=O)n(C)c(=O)n2C. The van der Waals surface area contributed by atoms with E-state index >= 15 is 0 Å². The quantitative estimate of drug-likeness (QED) is 0.724. The number of benzene rings is 1. The van der Waals surface area contributed by atoms with Gasteiger partial charge in [-0.2, -0.15) is 0 Å². The molecule has 0 unspecified atom stereocenters. The van der Waals surface area contributed by atoms with Gasteiger partial charge in [0.15, 0.2) is 0 Å². The van der Waals surface area contributed by atoms with Gasteiger partial charge in [-0.15, -0.1) is 0 Å². The Kier molecular flexibility index (Phi) is 5.30. The number of rotatable bonds is 5. The molecule has 3 aromatic rings. The lowest BCUT2D eigenvalue weighted by Gasteiger charge is -2.12. The molecule has 0 aliphatic heterocycles. The molecule has 0 aliphatic carbocycles. The molecular formula is C20H22N4O4. The van der Waals surface area contributed by atoms with Gasteiger partial charge in [-0.25, -0.2) is 9.78 Å². The fourth-order valence-electron chi connectivity index (χ4n) is 3.03. The first-order chi connectivity index (χ1) is 13.3. The second-order valence-electron chi connectivity index (χ2n) is 6.67. The fraction of sp³-hybridized carbons (Fsp3) is 0.300. The summed E-state index contributed by atoms with van der Waals surface area (Å²) < 4.78 is 8.04. The van der Waals surface area contributed by atoms with Gasteiger partial charge in [0.05, 0.1) is 30.3 Å². The van der Waals surface area contributed by atoms with Crippen molar-refractivity contribution in [3.8, 4) is 5.75 Å². The summed E-state index contributed by atoms with van der Waals surface area (Å²) in [6, 6.07) is 7.39. The van der Waals surface area contributed by atoms with E-state index in [0.717, 1.165) is 21.4 Å². The number of hydrogen-bond acceptors (Lipinski definition) is 5. The molecule has 0 saturated heterocycles. The number of ether oxygens (including phenoxy) is 1. The van der Waals surface area contributed by atoms with Crippen molar-refractivity contribution in [1.82, 2.24) is 14.1 Å². The Morgan fingerprint density at radius 2 is 1.82 bits per heavy atom. The fourth-order valence-corrected chi connectivity index (χ4v) is 3.03. The van der Waals surface area contributed by atoms with E-state index in [1.54, 1.807) is 7.05 Å². The van der Waals surface area contributed by atoms with Gasteiger partial charge in [0.2, 0.25) is 5.91 Å². The van der Waals surface area contributed by atoms with Gasteiger partial charge in [-0.3, -0.25) is 18.7 Å². The van der Waals surface area contributed by atoms with Crippen molar-refractivity contribution in [2.75, 3.05) is 11.9 Å². The van der Waals surface area contributed by atoms with E-state index < -0.39 is 11.2 Å². The minimum absolute atomic E-state index is 0.150. The van der Waals surface area contributed by atoms with Crippen LogP contribution in [0.5, 0.6) is 5.75 Å². The highest BCUT2D eigenvalue weighted by Crippen LogP contribution is 2.22. The highest BCUT2D eigenvalue weighted by atomic mass is 16.5. The summed E-state index contributed by atoms with van der Waals surface area (Å²) in [6.07, 6.45) is 1.57. The molecule has 3 rings (SSSR count). The molecule has 0 radical (unpaired) electrons. The monoisotopic (exact) mass is 382 g/mol. The van der Waals surface area contributed by atoms with Crippen molar-refractivity contribution in [2.45, 2.75) is 20.3 Å². The van der Waals surface area contributed by atoms with Gasteiger partial charge in [-0.1, -0.05) is 18.2 Å². The molecule has 1 aromatic carbocycles. The zero-order valence-corrected chi connectivity index (χ0v) is 16.3. The minimum Gasteiger partial charge on any atom is -0.493 e. The summed E-state index contributed by atoms with van der Waals surface area (Å²) in [5.74, 6) is 0.529. The second-order valence-corrected chi connectivity index (χ2v) is 6.67. The second kappa shape index (κ2) is 7.67. The lowest BCUT2D eigenvalue weighted by atomic mass is 10.1. The van der Waals surface area contributed by atoms with Gasteiger partial charge in [0.25, 0.3) is 5.56 Å². The van der Waals surface area contributed by atoms with E-state index in [1.807, 2.05) is 32.0 Å². The first-order valence-corrected chi connectivity index (χ1v) is 8.84. The Balaban J connectivity index is 1.71. The molecule has 1 N–H and O–H groups in total. The summed E-state index contributed by atoms with van der Waals surface area (Å²) in [5, 5.41) is 2.97. The molecule has 146 valence electrons. The zero-order chi connectivity index (χ0) is 20.4. The number of anilines is 1. The van der Waals surface area contributed by atoms with Crippen LogP contribution in [0.2, 0.25) is 0 Å². The van der Waals surface area contributed by atoms with Crippen LogP contribution in [0.15, 0.2) is 40.1 Å². The summed E-state index contributed by atoms with van der Waals surface area (Å²) in [4.78, 5) is 40.6. The van der Waals surface area contributed by atoms with Crippen LogP contribution in [0, 0.1) is 13.8 Å². The number of nitrogens with one attached hydrogen (secondary N) is 1. The van der Waals surface area contributed by atoms with Crippen LogP contribution in [0.4, 0.5) is 5.69 Å². The minimum atomic E-state index is -0.458. The Bertz CT molecular complexity index is 1160. The van der Waals surface area contributed by atoms with Gasteiger partial charge >= 0.3 is 5.69 Å². The van der Waals surface area contributed by atoms with E-state index in [0.29, 0.717) is 5.69 Å². The van der Waals surface area contributed by atoms with Crippen molar-refractivity contribution in [3.05, 3.63) is 62.4 Å². The van der Waals surface area contributed by atoms with Crippen LogP contribution in [-0.4, -0.2) is 26.6 Å². The van der Waals surface area contributed by atoms with Gasteiger partial charge in [0.1, 0.15) is 11.4 Å². The number of carbonyl (C=O) groups excluding carboxylic acids is 1. The van der Waals surface area contributed by atoms with E-state index in [2.05, 4.69) is 10.3 Å². The number of nitrogens with zero attached hydrogens (tertiary/aromatic N) is 3. The predicted octanol–water partition coefficient (Wildman–Crippen LogP) is 1.66. The number of pyridine rings is 1. The Hall–Kier alpha value is -3.42. The molecule has 0 saturated carbocycles. The first kappa shape index (κ1) is 19.3. The Morgan fingerprint density at radius 3 is 2.50 bits per heavy atom. The molecule has 1 amide bonds. The smallest absolute Gasteiger partial charge is 0.332 e. The van der Waals surface area contributed by atoms with Crippen LogP contribution in [0.25, 0.3) is 11.0 Å². The third-order valence-electron chi connectivity index (χ3n) is 4.56. The summed E-state index contributed by atoms with van der Waals surface area (Å²) in [5.41, 5.74) is 1.77. The molecule has 0 fully saturated rings. The number of para-hydroxylation sites is 1. The van der Waals surface area contributed by atoms with Gasteiger partial charge in [0, 0.05) is 14.1 Å². The third kappa shape index (κ3) is 3.66. The largest absolute Gasteiger partial charge is 0.493 e. The van der Waals surface area contributed by atoms with Crippen LogP contribution in [-0.2, 0) is 18.9 Å². The van der Waals surface area contributed by atoms with E-state index in [9.17, 15) is 14.4 Å². The Morgan fingerprint density at radius 1 is 1.14 bits per heavy atom. The van der Waals surface area contributed by atoms with Crippen molar-refractivity contribution in [3.63, 3.8) is 0 Å². The third-order valence-corrected chi connectivity index (χ3v) is 4.56. The number of hydrogen-bond donors (Lipinski definition) is 1. The number of aryl methyl sites for hydroxylation is 3. The molecule has 0 spiro atoms. The predicted molar refractivity (Wildman–Crippen MR) is 107 cm³/mol. The number of fused-ring (bicyclic) bond motifs is 1. The highest BCUT2D eigenvalue weighted by Gasteiger charge is 2.12. The molecule has 0 aliphatic rings.